The van der Waals surface area contributed by atoms with Crippen molar-refractivity contribution in [2.45, 2.75) is 27.3 Å². The molecule has 2 heterocycles. The highest BCUT2D eigenvalue weighted by Crippen LogP contribution is 2.14. The second-order valence-corrected chi connectivity index (χ2v) is 5.90. The molecule has 0 radical (unpaired) electrons. The van der Waals surface area contributed by atoms with Gasteiger partial charge in [0, 0.05) is 18.3 Å². The van der Waals surface area contributed by atoms with Crippen molar-refractivity contribution in [2.24, 2.45) is 0 Å². The number of aromatic nitrogens is 4. The molecule has 3 aromatic rings. The average Bonchev–Trinajstić information content (AvgIpc) is 3.04. The third kappa shape index (κ3) is 3.69. The van der Waals surface area contributed by atoms with E-state index in [-0.39, 0.29) is 12.1 Å². The molecule has 0 atom stereocenters. The van der Waals surface area contributed by atoms with Crippen LogP contribution in [0.3, 0.4) is 0 Å². The normalized spacial score (nSPS) is 10.7. The lowest BCUT2D eigenvalue weighted by molar-refractivity contribution is 0.0732. The SMILES string of the molecule is CCN(Cc1nc(C)no1)C(=O)c1cnc(-c2ccc(C)cc2)[nH]c1=O. The van der Waals surface area contributed by atoms with Crippen LogP contribution in [-0.4, -0.2) is 37.5 Å². The lowest BCUT2D eigenvalue weighted by Gasteiger charge is -2.18. The third-order valence-corrected chi connectivity index (χ3v) is 3.92. The van der Waals surface area contributed by atoms with E-state index in [9.17, 15) is 9.59 Å². The first-order chi connectivity index (χ1) is 12.5. The molecule has 0 aliphatic carbocycles. The predicted molar refractivity (Wildman–Crippen MR) is 94.5 cm³/mol. The highest BCUT2D eigenvalue weighted by atomic mass is 16.5. The molecule has 26 heavy (non-hydrogen) atoms. The van der Waals surface area contributed by atoms with Crippen molar-refractivity contribution >= 4 is 5.91 Å². The first-order valence-electron chi connectivity index (χ1n) is 8.22. The molecule has 1 aromatic carbocycles. The Kier molecular flexibility index (Phi) is 4.92. The highest BCUT2D eigenvalue weighted by molar-refractivity contribution is 5.93. The van der Waals surface area contributed by atoms with Crippen LogP contribution in [0.25, 0.3) is 11.4 Å². The Balaban J connectivity index is 1.84. The Bertz CT molecular complexity index is 975. The van der Waals surface area contributed by atoms with Crippen LogP contribution in [0.5, 0.6) is 0 Å². The quantitative estimate of drug-likeness (QED) is 0.753. The second-order valence-electron chi connectivity index (χ2n) is 5.90. The maximum atomic E-state index is 12.7. The summed E-state index contributed by atoms with van der Waals surface area (Å²) in [7, 11) is 0. The van der Waals surface area contributed by atoms with E-state index in [0.717, 1.165) is 11.1 Å². The maximum absolute atomic E-state index is 12.7. The van der Waals surface area contributed by atoms with E-state index in [4.69, 9.17) is 4.52 Å². The first-order valence-corrected chi connectivity index (χ1v) is 8.22. The number of carbonyl (C=O) groups excluding carboxylic acids is 1. The molecule has 0 aliphatic rings. The molecule has 0 bridgehead atoms. The maximum Gasteiger partial charge on any atom is 0.264 e. The molecule has 0 saturated heterocycles. The molecule has 8 nitrogen and oxygen atoms in total. The zero-order chi connectivity index (χ0) is 18.7. The van der Waals surface area contributed by atoms with Crippen LogP contribution >= 0.6 is 0 Å². The Hall–Kier alpha value is -3.29. The number of aryl methyl sites for hydroxylation is 2. The molecule has 0 aliphatic heterocycles. The van der Waals surface area contributed by atoms with Crippen LogP contribution in [0, 0.1) is 13.8 Å². The van der Waals surface area contributed by atoms with Gasteiger partial charge >= 0.3 is 0 Å². The topological polar surface area (TPSA) is 105 Å². The zero-order valence-electron chi connectivity index (χ0n) is 14.8. The molecule has 134 valence electrons. The van der Waals surface area contributed by atoms with E-state index in [1.54, 1.807) is 6.92 Å². The van der Waals surface area contributed by atoms with Gasteiger partial charge < -0.3 is 14.4 Å². The van der Waals surface area contributed by atoms with E-state index in [2.05, 4.69) is 20.1 Å². The Labute approximate surface area is 149 Å². The largest absolute Gasteiger partial charge is 0.337 e. The number of nitrogens with zero attached hydrogens (tertiary/aromatic N) is 4. The van der Waals surface area contributed by atoms with Gasteiger partial charge in [-0.05, 0) is 20.8 Å². The molecule has 2 aromatic heterocycles. The van der Waals surface area contributed by atoms with Gasteiger partial charge in [-0.1, -0.05) is 35.0 Å². The lowest BCUT2D eigenvalue weighted by atomic mass is 10.1. The fraction of sp³-hybridized carbons (Fsp3) is 0.278. The van der Waals surface area contributed by atoms with Gasteiger partial charge in [-0.15, -0.1) is 0 Å². The Morgan fingerprint density at radius 3 is 2.54 bits per heavy atom. The minimum absolute atomic E-state index is 0.0288. The number of benzene rings is 1. The molecule has 0 fully saturated rings. The van der Waals surface area contributed by atoms with Crippen molar-refractivity contribution in [1.29, 1.82) is 0 Å². The van der Waals surface area contributed by atoms with Crippen LogP contribution < -0.4 is 5.56 Å². The summed E-state index contributed by atoms with van der Waals surface area (Å²) >= 11 is 0. The number of nitrogens with one attached hydrogen (secondary N) is 1. The number of H-pyrrole nitrogens is 1. The molecule has 3 rings (SSSR count). The Morgan fingerprint density at radius 2 is 1.96 bits per heavy atom. The van der Waals surface area contributed by atoms with Gasteiger partial charge in [-0.2, -0.15) is 4.98 Å². The minimum atomic E-state index is -0.485. The van der Waals surface area contributed by atoms with Crippen molar-refractivity contribution in [3.8, 4) is 11.4 Å². The number of amides is 1. The average molecular weight is 353 g/mol. The van der Waals surface area contributed by atoms with Crippen LogP contribution in [-0.2, 0) is 6.54 Å². The zero-order valence-corrected chi connectivity index (χ0v) is 14.8. The van der Waals surface area contributed by atoms with Gasteiger partial charge in [-0.25, -0.2) is 4.98 Å². The van der Waals surface area contributed by atoms with Crippen molar-refractivity contribution in [3.05, 3.63) is 63.7 Å². The minimum Gasteiger partial charge on any atom is -0.337 e. The van der Waals surface area contributed by atoms with Gasteiger partial charge in [0.15, 0.2) is 5.82 Å². The van der Waals surface area contributed by atoms with Crippen molar-refractivity contribution in [2.75, 3.05) is 6.54 Å². The van der Waals surface area contributed by atoms with Crippen LogP contribution in [0.15, 0.2) is 39.8 Å². The van der Waals surface area contributed by atoms with Crippen molar-refractivity contribution < 1.29 is 9.32 Å². The van der Waals surface area contributed by atoms with Crippen LogP contribution in [0.4, 0.5) is 0 Å². The predicted octanol–water partition coefficient (Wildman–Crippen LogP) is 2.10. The molecule has 0 spiro atoms. The summed E-state index contributed by atoms with van der Waals surface area (Å²) in [6.45, 7) is 6.01. The number of aromatic amines is 1. The molecule has 0 saturated carbocycles. The standard InChI is InChI=1S/C18H19N5O3/c1-4-23(10-15-20-12(3)22-26-15)18(25)14-9-19-16(21-17(14)24)13-7-5-11(2)6-8-13/h5-9H,4,10H2,1-3H3,(H,19,21,24). The molecule has 1 amide bonds. The number of hydrogen-bond acceptors (Lipinski definition) is 6. The summed E-state index contributed by atoms with van der Waals surface area (Å²) in [6, 6.07) is 7.59. The summed E-state index contributed by atoms with van der Waals surface area (Å²) in [5.41, 5.74) is 1.37. The molecular weight excluding hydrogens is 334 g/mol. The van der Waals surface area contributed by atoms with E-state index in [1.165, 1.54) is 11.1 Å². The van der Waals surface area contributed by atoms with Crippen LogP contribution in [0.2, 0.25) is 0 Å². The summed E-state index contributed by atoms with van der Waals surface area (Å²) in [4.78, 5) is 37.5. The summed E-state index contributed by atoms with van der Waals surface area (Å²) in [5.74, 6) is 0.790. The lowest BCUT2D eigenvalue weighted by Crippen LogP contribution is -2.34. The summed E-state index contributed by atoms with van der Waals surface area (Å²) in [6.07, 6.45) is 1.30. The molecular formula is C18H19N5O3. The van der Waals surface area contributed by atoms with Gasteiger partial charge in [0.25, 0.3) is 11.5 Å². The van der Waals surface area contributed by atoms with E-state index >= 15 is 0 Å². The molecule has 0 unspecified atom stereocenters. The summed E-state index contributed by atoms with van der Waals surface area (Å²) < 4.78 is 5.04. The van der Waals surface area contributed by atoms with Crippen molar-refractivity contribution in [1.82, 2.24) is 25.0 Å². The van der Waals surface area contributed by atoms with Gasteiger partial charge in [0.2, 0.25) is 5.89 Å². The monoisotopic (exact) mass is 353 g/mol. The molecule has 1 N–H and O–H groups in total. The van der Waals surface area contributed by atoms with Gasteiger partial charge in [0.1, 0.15) is 17.9 Å². The van der Waals surface area contributed by atoms with E-state index < -0.39 is 11.5 Å². The first kappa shape index (κ1) is 17.5. The van der Waals surface area contributed by atoms with Gasteiger partial charge in [-0.3, -0.25) is 9.59 Å². The van der Waals surface area contributed by atoms with Gasteiger partial charge in [0.05, 0.1) is 0 Å². The fourth-order valence-corrected chi connectivity index (χ4v) is 2.47. The Morgan fingerprint density at radius 1 is 1.23 bits per heavy atom. The fourth-order valence-electron chi connectivity index (χ4n) is 2.47. The van der Waals surface area contributed by atoms with Crippen molar-refractivity contribution in [3.63, 3.8) is 0 Å². The van der Waals surface area contributed by atoms with E-state index in [1.807, 2.05) is 38.1 Å². The number of hydrogen-bond donors (Lipinski definition) is 1. The number of carbonyl (C=O) groups is 1. The highest BCUT2D eigenvalue weighted by Gasteiger charge is 2.21. The smallest absolute Gasteiger partial charge is 0.264 e. The molecule has 8 heteroatoms. The third-order valence-electron chi connectivity index (χ3n) is 3.92. The van der Waals surface area contributed by atoms with Crippen LogP contribution in [0.1, 0.15) is 34.6 Å². The number of rotatable bonds is 5. The summed E-state index contributed by atoms with van der Waals surface area (Å²) in [5, 5.41) is 3.70. The second kappa shape index (κ2) is 7.30. The van der Waals surface area contributed by atoms with E-state index in [0.29, 0.717) is 24.1 Å².